The fourth-order valence-corrected chi connectivity index (χ4v) is 2.15. The number of aliphatic hydroxyl groups excluding tert-OH is 1. The molecule has 0 bridgehead atoms. The van der Waals surface area contributed by atoms with Gasteiger partial charge in [0.2, 0.25) is 0 Å². The highest BCUT2D eigenvalue weighted by Gasteiger charge is 2.21. The second-order valence-electron chi connectivity index (χ2n) is 5.56. The van der Waals surface area contributed by atoms with Gasteiger partial charge in [0.1, 0.15) is 0 Å². The van der Waals surface area contributed by atoms with E-state index in [4.69, 9.17) is 10.4 Å². The van der Waals surface area contributed by atoms with Crippen LogP contribution in [0.4, 0.5) is 0 Å². The van der Waals surface area contributed by atoms with E-state index < -0.39 is 0 Å². The van der Waals surface area contributed by atoms with Crippen LogP contribution in [0.15, 0.2) is 0 Å². The monoisotopic (exact) mass is 239 g/mol. The summed E-state index contributed by atoms with van der Waals surface area (Å²) in [5, 5.41) is 21.5. The zero-order valence-corrected chi connectivity index (χ0v) is 11.1. The standard InChI is InChI=1S/C13H25N3O/c1-13(2,11-14)5-7-16(8-9-17)10-12-4-3-6-15-12/h12,15,17H,3-10H2,1-2H3. The summed E-state index contributed by atoms with van der Waals surface area (Å²) in [5.41, 5.74) is -0.267. The molecule has 1 rings (SSSR count). The van der Waals surface area contributed by atoms with Crippen molar-refractivity contribution in [3.63, 3.8) is 0 Å². The maximum Gasteiger partial charge on any atom is 0.0684 e. The first-order valence-corrected chi connectivity index (χ1v) is 6.55. The number of hydrogen-bond donors (Lipinski definition) is 2. The van der Waals surface area contributed by atoms with E-state index in [1.165, 1.54) is 12.8 Å². The lowest BCUT2D eigenvalue weighted by atomic mass is 9.91. The maximum absolute atomic E-state index is 9.07. The number of rotatable bonds is 7. The second-order valence-corrected chi connectivity index (χ2v) is 5.56. The first-order valence-electron chi connectivity index (χ1n) is 6.55. The minimum atomic E-state index is -0.267. The van der Waals surface area contributed by atoms with Gasteiger partial charge in [-0.2, -0.15) is 5.26 Å². The molecule has 0 amide bonds. The van der Waals surface area contributed by atoms with Gasteiger partial charge in [-0.1, -0.05) is 0 Å². The van der Waals surface area contributed by atoms with Crippen molar-refractivity contribution < 1.29 is 5.11 Å². The molecule has 1 atom stereocenters. The Labute approximate surface area is 105 Å². The first-order chi connectivity index (χ1) is 8.07. The van der Waals surface area contributed by atoms with Crippen molar-refractivity contribution in [3.8, 4) is 6.07 Å². The number of nitrogens with one attached hydrogen (secondary N) is 1. The van der Waals surface area contributed by atoms with Crippen molar-refractivity contribution in [2.75, 3.05) is 32.8 Å². The van der Waals surface area contributed by atoms with E-state index in [1.807, 2.05) is 13.8 Å². The van der Waals surface area contributed by atoms with Gasteiger partial charge in [0, 0.05) is 19.1 Å². The molecule has 0 saturated carbocycles. The van der Waals surface area contributed by atoms with Gasteiger partial charge >= 0.3 is 0 Å². The van der Waals surface area contributed by atoms with Crippen molar-refractivity contribution in [1.29, 1.82) is 5.26 Å². The molecule has 0 spiro atoms. The minimum Gasteiger partial charge on any atom is -0.395 e. The highest BCUT2D eigenvalue weighted by molar-refractivity contribution is 4.92. The highest BCUT2D eigenvalue weighted by atomic mass is 16.3. The Morgan fingerprint density at radius 3 is 2.76 bits per heavy atom. The molecule has 0 radical (unpaired) electrons. The fraction of sp³-hybridized carbons (Fsp3) is 0.923. The van der Waals surface area contributed by atoms with Crippen molar-refractivity contribution in [2.45, 2.75) is 39.2 Å². The Hall–Kier alpha value is -0.630. The van der Waals surface area contributed by atoms with Gasteiger partial charge in [-0.3, -0.25) is 4.90 Å². The average Bonchev–Trinajstić information content (AvgIpc) is 2.79. The fourth-order valence-electron chi connectivity index (χ4n) is 2.15. The molecule has 1 fully saturated rings. The Balaban J connectivity index is 2.34. The van der Waals surface area contributed by atoms with Crippen molar-refractivity contribution >= 4 is 0 Å². The summed E-state index contributed by atoms with van der Waals surface area (Å²) in [6.07, 6.45) is 3.33. The summed E-state index contributed by atoms with van der Waals surface area (Å²) in [7, 11) is 0. The lowest BCUT2D eigenvalue weighted by Gasteiger charge is -2.27. The summed E-state index contributed by atoms with van der Waals surface area (Å²) >= 11 is 0. The summed E-state index contributed by atoms with van der Waals surface area (Å²) < 4.78 is 0. The third-order valence-corrected chi connectivity index (χ3v) is 3.41. The maximum atomic E-state index is 9.07. The molecule has 1 saturated heterocycles. The molecule has 4 heteroatoms. The lowest BCUT2D eigenvalue weighted by molar-refractivity contribution is 0.172. The lowest BCUT2D eigenvalue weighted by Crippen LogP contribution is -2.40. The third kappa shape index (κ3) is 5.49. The van der Waals surface area contributed by atoms with Crippen LogP contribution < -0.4 is 5.32 Å². The average molecular weight is 239 g/mol. The molecular weight excluding hydrogens is 214 g/mol. The quantitative estimate of drug-likeness (QED) is 0.695. The number of nitrogens with zero attached hydrogens (tertiary/aromatic N) is 2. The van der Waals surface area contributed by atoms with E-state index in [-0.39, 0.29) is 12.0 Å². The first kappa shape index (κ1) is 14.4. The Kier molecular flexibility index (Phi) is 5.90. The van der Waals surface area contributed by atoms with Crippen LogP contribution in [0.3, 0.4) is 0 Å². The molecule has 1 heterocycles. The molecule has 98 valence electrons. The summed E-state index contributed by atoms with van der Waals surface area (Å²) in [6.45, 7) is 7.83. The van der Waals surface area contributed by atoms with Gasteiger partial charge in [-0.25, -0.2) is 0 Å². The Morgan fingerprint density at radius 2 is 2.24 bits per heavy atom. The van der Waals surface area contributed by atoms with Crippen LogP contribution in [0, 0.1) is 16.7 Å². The van der Waals surface area contributed by atoms with Crippen molar-refractivity contribution in [3.05, 3.63) is 0 Å². The summed E-state index contributed by atoms with van der Waals surface area (Å²) in [4.78, 5) is 2.27. The SMILES string of the molecule is CC(C)(C#N)CCN(CCO)CC1CCCN1. The molecule has 4 nitrogen and oxygen atoms in total. The van der Waals surface area contributed by atoms with Crippen molar-refractivity contribution in [1.82, 2.24) is 10.2 Å². The molecule has 0 aromatic heterocycles. The molecule has 0 aromatic carbocycles. The second kappa shape index (κ2) is 6.95. The van der Waals surface area contributed by atoms with E-state index in [2.05, 4.69) is 16.3 Å². The van der Waals surface area contributed by atoms with Gasteiger partial charge in [0.25, 0.3) is 0 Å². The number of aliphatic hydroxyl groups is 1. The van der Waals surface area contributed by atoms with Gasteiger partial charge in [0.05, 0.1) is 18.1 Å². The molecular formula is C13H25N3O. The molecule has 1 aliphatic rings. The normalized spacial score (nSPS) is 20.8. The van der Waals surface area contributed by atoms with Crippen LogP contribution >= 0.6 is 0 Å². The number of nitriles is 1. The summed E-state index contributed by atoms with van der Waals surface area (Å²) in [6, 6.07) is 2.89. The zero-order valence-electron chi connectivity index (χ0n) is 11.1. The van der Waals surface area contributed by atoms with Crippen LogP contribution in [0.2, 0.25) is 0 Å². The molecule has 17 heavy (non-hydrogen) atoms. The highest BCUT2D eigenvalue weighted by Crippen LogP contribution is 2.19. The van der Waals surface area contributed by atoms with Crippen molar-refractivity contribution in [2.24, 2.45) is 5.41 Å². The predicted molar refractivity (Wildman–Crippen MR) is 68.6 cm³/mol. The zero-order chi connectivity index (χ0) is 12.7. The Morgan fingerprint density at radius 1 is 1.47 bits per heavy atom. The van der Waals surface area contributed by atoms with E-state index in [0.29, 0.717) is 12.6 Å². The molecule has 0 aromatic rings. The van der Waals surface area contributed by atoms with E-state index >= 15 is 0 Å². The van der Waals surface area contributed by atoms with Crippen LogP contribution in [0.1, 0.15) is 33.1 Å². The van der Waals surface area contributed by atoms with Gasteiger partial charge in [0.15, 0.2) is 0 Å². The smallest absolute Gasteiger partial charge is 0.0684 e. The molecule has 1 aliphatic heterocycles. The minimum absolute atomic E-state index is 0.194. The molecule has 1 unspecified atom stereocenters. The van der Waals surface area contributed by atoms with Crippen LogP contribution in [-0.4, -0.2) is 48.8 Å². The number of hydrogen-bond acceptors (Lipinski definition) is 4. The van der Waals surface area contributed by atoms with Gasteiger partial charge < -0.3 is 10.4 Å². The van der Waals surface area contributed by atoms with Crippen LogP contribution in [0.25, 0.3) is 0 Å². The largest absolute Gasteiger partial charge is 0.395 e. The van der Waals surface area contributed by atoms with Gasteiger partial charge in [-0.15, -0.1) is 0 Å². The molecule has 2 N–H and O–H groups in total. The topological polar surface area (TPSA) is 59.3 Å². The summed E-state index contributed by atoms with van der Waals surface area (Å²) in [5.74, 6) is 0. The Bertz CT molecular complexity index is 254. The van der Waals surface area contributed by atoms with E-state index in [1.54, 1.807) is 0 Å². The van der Waals surface area contributed by atoms with E-state index in [9.17, 15) is 0 Å². The predicted octanol–water partition coefficient (Wildman–Crippen LogP) is 0.973. The van der Waals surface area contributed by atoms with E-state index in [0.717, 1.165) is 26.1 Å². The van der Waals surface area contributed by atoms with Gasteiger partial charge in [-0.05, 0) is 46.2 Å². The van der Waals surface area contributed by atoms with Crippen LogP contribution in [-0.2, 0) is 0 Å². The third-order valence-electron chi connectivity index (χ3n) is 3.41. The molecule has 0 aliphatic carbocycles. The van der Waals surface area contributed by atoms with Crippen LogP contribution in [0.5, 0.6) is 0 Å².